The van der Waals surface area contributed by atoms with Crippen LogP contribution in [0.3, 0.4) is 0 Å². The lowest BCUT2D eigenvalue weighted by Gasteiger charge is -2.08. The minimum Gasteiger partial charge on any atom is -0.326 e. The van der Waals surface area contributed by atoms with Crippen molar-refractivity contribution in [2.75, 3.05) is 5.32 Å². The number of fused-ring (bicyclic) bond motifs is 1. The van der Waals surface area contributed by atoms with E-state index < -0.39 is 0 Å². The molecule has 0 saturated carbocycles. The summed E-state index contributed by atoms with van der Waals surface area (Å²) in [5.74, 6) is 0.426. The summed E-state index contributed by atoms with van der Waals surface area (Å²) in [6, 6.07) is 22.3. The Balaban J connectivity index is 1.51. The van der Waals surface area contributed by atoms with E-state index in [2.05, 4.69) is 26.3 Å². The first-order valence-corrected chi connectivity index (χ1v) is 10.6. The highest BCUT2D eigenvalue weighted by atomic mass is 16.1. The Morgan fingerprint density at radius 3 is 2.65 bits per heavy atom. The number of rotatable bonds is 5. The molecule has 0 aliphatic rings. The lowest BCUT2D eigenvalue weighted by molar-refractivity contribution is -0.115. The van der Waals surface area contributed by atoms with Gasteiger partial charge in [0.25, 0.3) is 0 Å². The highest BCUT2D eigenvalue weighted by molar-refractivity contribution is 5.92. The molecular formula is C26H19N7O. The number of nitrogens with zero attached hydrogens (tertiary/aromatic N) is 6. The van der Waals surface area contributed by atoms with Crippen molar-refractivity contribution in [2.45, 2.75) is 13.3 Å². The van der Waals surface area contributed by atoms with Crippen molar-refractivity contribution >= 4 is 22.6 Å². The van der Waals surface area contributed by atoms with Crippen LogP contribution in [0, 0.1) is 18.3 Å². The van der Waals surface area contributed by atoms with Crippen LogP contribution in [0.2, 0.25) is 0 Å². The molecule has 0 spiro atoms. The molecular weight excluding hydrogens is 426 g/mol. The van der Waals surface area contributed by atoms with Crippen LogP contribution >= 0.6 is 0 Å². The largest absolute Gasteiger partial charge is 0.326 e. The van der Waals surface area contributed by atoms with Crippen molar-refractivity contribution in [1.82, 2.24) is 24.7 Å². The highest BCUT2D eigenvalue weighted by Gasteiger charge is 2.16. The van der Waals surface area contributed by atoms with Gasteiger partial charge in [-0.25, -0.2) is 9.67 Å². The van der Waals surface area contributed by atoms with Crippen molar-refractivity contribution in [3.63, 3.8) is 0 Å². The van der Waals surface area contributed by atoms with Gasteiger partial charge in [0.05, 0.1) is 40.5 Å². The zero-order valence-corrected chi connectivity index (χ0v) is 18.3. The topological polar surface area (TPSA) is 109 Å². The van der Waals surface area contributed by atoms with Gasteiger partial charge in [0, 0.05) is 29.3 Å². The fourth-order valence-corrected chi connectivity index (χ4v) is 3.70. The predicted octanol–water partition coefficient (Wildman–Crippen LogP) is 4.24. The predicted molar refractivity (Wildman–Crippen MR) is 128 cm³/mol. The average molecular weight is 445 g/mol. The molecule has 1 amide bonds. The van der Waals surface area contributed by atoms with Crippen molar-refractivity contribution in [3.05, 3.63) is 96.1 Å². The third kappa shape index (κ3) is 4.36. The molecule has 2 aromatic carbocycles. The molecule has 0 radical (unpaired) electrons. The second kappa shape index (κ2) is 8.92. The fourth-order valence-electron chi connectivity index (χ4n) is 3.70. The second-order valence-electron chi connectivity index (χ2n) is 7.75. The number of pyridine rings is 1. The quantitative estimate of drug-likeness (QED) is 0.433. The van der Waals surface area contributed by atoms with E-state index in [0.717, 1.165) is 28.0 Å². The molecule has 0 aliphatic heterocycles. The van der Waals surface area contributed by atoms with Crippen LogP contribution in [0.15, 0.2) is 79.1 Å². The monoisotopic (exact) mass is 445 g/mol. The number of anilines is 1. The van der Waals surface area contributed by atoms with Gasteiger partial charge in [-0.05, 0) is 55.5 Å². The average Bonchev–Trinajstić information content (AvgIpc) is 3.27. The van der Waals surface area contributed by atoms with Gasteiger partial charge in [0.2, 0.25) is 5.91 Å². The van der Waals surface area contributed by atoms with E-state index in [1.807, 2.05) is 49.4 Å². The van der Waals surface area contributed by atoms with Gasteiger partial charge >= 0.3 is 0 Å². The molecule has 0 atom stereocenters. The SMILES string of the molecule is Cc1cccc(-n2nc(CC(=O)Nc3cccc(C#N)c3)cc2-c2ccc3nccnc3c2)n1. The molecule has 5 aromatic rings. The molecule has 164 valence electrons. The van der Waals surface area contributed by atoms with Crippen molar-refractivity contribution in [3.8, 4) is 23.1 Å². The molecule has 34 heavy (non-hydrogen) atoms. The Kier molecular flexibility index (Phi) is 5.50. The molecule has 3 aromatic heterocycles. The summed E-state index contributed by atoms with van der Waals surface area (Å²) in [6.45, 7) is 1.92. The van der Waals surface area contributed by atoms with Crippen molar-refractivity contribution in [1.29, 1.82) is 5.26 Å². The fraction of sp³-hybridized carbons (Fsp3) is 0.0769. The van der Waals surface area contributed by atoms with E-state index in [1.165, 1.54) is 0 Å². The number of amides is 1. The standard InChI is InChI=1S/C26H19N7O/c1-17-4-2-7-25(30-17)33-24(19-8-9-22-23(13-19)29-11-10-28-22)14-21(32-33)15-26(34)31-20-6-3-5-18(12-20)16-27/h2-14H,15H2,1H3,(H,31,34). The van der Waals surface area contributed by atoms with Gasteiger partial charge in [0.1, 0.15) is 0 Å². The van der Waals surface area contributed by atoms with E-state index in [4.69, 9.17) is 10.4 Å². The maximum Gasteiger partial charge on any atom is 0.230 e. The Morgan fingerprint density at radius 2 is 1.82 bits per heavy atom. The maximum absolute atomic E-state index is 12.7. The maximum atomic E-state index is 12.7. The first kappa shape index (κ1) is 21.0. The first-order chi connectivity index (χ1) is 16.6. The summed E-state index contributed by atoms with van der Waals surface area (Å²) in [4.78, 5) is 26.1. The molecule has 1 N–H and O–H groups in total. The van der Waals surface area contributed by atoms with Crippen LogP contribution in [-0.4, -0.2) is 30.6 Å². The molecule has 0 unspecified atom stereocenters. The summed E-state index contributed by atoms with van der Waals surface area (Å²) < 4.78 is 1.74. The van der Waals surface area contributed by atoms with Gasteiger partial charge in [-0.15, -0.1) is 0 Å². The van der Waals surface area contributed by atoms with Crippen LogP contribution in [0.4, 0.5) is 5.69 Å². The normalized spacial score (nSPS) is 10.7. The minimum atomic E-state index is -0.229. The van der Waals surface area contributed by atoms with E-state index in [0.29, 0.717) is 22.8 Å². The Morgan fingerprint density at radius 1 is 1.00 bits per heavy atom. The molecule has 5 rings (SSSR count). The van der Waals surface area contributed by atoms with Gasteiger partial charge in [-0.3, -0.25) is 14.8 Å². The molecule has 0 aliphatic carbocycles. The summed E-state index contributed by atoms with van der Waals surface area (Å²) in [5.41, 5.74) is 5.74. The number of aryl methyl sites for hydroxylation is 1. The molecule has 0 saturated heterocycles. The van der Waals surface area contributed by atoms with Gasteiger partial charge < -0.3 is 5.32 Å². The zero-order chi connectivity index (χ0) is 23.5. The summed E-state index contributed by atoms with van der Waals surface area (Å²) in [5, 5.41) is 16.6. The number of carbonyl (C=O) groups excluding carboxylic acids is 1. The Labute approximate surface area is 195 Å². The number of hydrogen-bond donors (Lipinski definition) is 1. The van der Waals surface area contributed by atoms with Crippen LogP contribution in [0.25, 0.3) is 28.1 Å². The first-order valence-electron chi connectivity index (χ1n) is 10.6. The number of nitrogens with one attached hydrogen (secondary N) is 1. The van der Waals surface area contributed by atoms with Gasteiger partial charge in [0.15, 0.2) is 5.82 Å². The number of carbonyl (C=O) groups is 1. The van der Waals surface area contributed by atoms with Crippen LogP contribution in [0.1, 0.15) is 17.0 Å². The lowest BCUT2D eigenvalue weighted by Crippen LogP contribution is -2.15. The molecule has 8 nitrogen and oxygen atoms in total. The van der Waals surface area contributed by atoms with E-state index in [9.17, 15) is 4.79 Å². The summed E-state index contributed by atoms with van der Waals surface area (Å²) in [7, 11) is 0. The van der Waals surface area contributed by atoms with Gasteiger partial charge in [-0.1, -0.05) is 18.2 Å². The van der Waals surface area contributed by atoms with Crippen LogP contribution in [-0.2, 0) is 11.2 Å². The van der Waals surface area contributed by atoms with Crippen LogP contribution < -0.4 is 5.32 Å². The third-order valence-corrected chi connectivity index (χ3v) is 5.23. The van der Waals surface area contributed by atoms with Crippen molar-refractivity contribution in [2.24, 2.45) is 0 Å². The van der Waals surface area contributed by atoms with Crippen molar-refractivity contribution < 1.29 is 4.79 Å². The van der Waals surface area contributed by atoms with E-state index >= 15 is 0 Å². The van der Waals surface area contributed by atoms with E-state index in [1.54, 1.807) is 41.3 Å². The smallest absolute Gasteiger partial charge is 0.230 e. The highest BCUT2D eigenvalue weighted by Crippen LogP contribution is 2.26. The number of hydrogen-bond acceptors (Lipinski definition) is 6. The summed E-state index contributed by atoms with van der Waals surface area (Å²) in [6.07, 6.45) is 3.38. The molecule has 0 fully saturated rings. The third-order valence-electron chi connectivity index (χ3n) is 5.23. The Bertz CT molecular complexity index is 1570. The molecule has 0 bridgehead atoms. The van der Waals surface area contributed by atoms with Crippen LogP contribution in [0.5, 0.6) is 0 Å². The molecule has 8 heteroatoms. The Hall–Kier alpha value is -4.90. The second-order valence-corrected chi connectivity index (χ2v) is 7.75. The number of nitriles is 1. The number of benzene rings is 2. The van der Waals surface area contributed by atoms with Gasteiger partial charge in [-0.2, -0.15) is 10.4 Å². The zero-order valence-electron chi connectivity index (χ0n) is 18.3. The number of aromatic nitrogens is 5. The summed E-state index contributed by atoms with van der Waals surface area (Å²) >= 11 is 0. The molecule has 3 heterocycles. The van der Waals surface area contributed by atoms with E-state index in [-0.39, 0.29) is 12.3 Å². The lowest BCUT2D eigenvalue weighted by atomic mass is 10.1. The minimum absolute atomic E-state index is 0.0655.